The van der Waals surface area contributed by atoms with Crippen molar-refractivity contribution in [3.8, 4) is 17.2 Å². The predicted molar refractivity (Wildman–Crippen MR) is 129 cm³/mol. The highest BCUT2D eigenvalue weighted by atomic mass is 32.2. The van der Waals surface area contributed by atoms with Gasteiger partial charge >= 0.3 is 6.36 Å². The molecule has 4 rings (SSSR count). The molecule has 208 valence electrons. The zero-order chi connectivity index (χ0) is 27.7. The number of hydrogen-bond donors (Lipinski definition) is 1. The van der Waals surface area contributed by atoms with Gasteiger partial charge in [-0.15, -0.1) is 13.2 Å². The number of methoxy groups -OCH3 is 1. The molecule has 1 saturated heterocycles. The number of rotatable bonds is 9. The molecule has 1 saturated carbocycles. The third kappa shape index (κ3) is 7.50. The van der Waals surface area contributed by atoms with Crippen molar-refractivity contribution >= 4 is 15.9 Å². The average Bonchev–Trinajstić information content (AvgIpc) is 3.63. The molecule has 1 amide bonds. The average molecular weight is 561 g/mol. The Balaban J connectivity index is 1.47. The van der Waals surface area contributed by atoms with Gasteiger partial charge < -0.3 is 14.2 Å². The summed E-state index contributed by atoms with van der Waals surface area (Å²) >= 11 is 0. The Labute approximate surface area is 217 Å². The molecule has 1 aliphatic heterocycles. The number of carbonyl (C=O) groups excluding carboxylic acids is 1. The Morgan fingerprint density at radius 1 is 1.13 bits per heavy atom. The zero-order valence-corrected chi connectivity index (χ0v) is 21.6. The van der Waals surface area contributed by atoms with Crippen LogP contribution in [0.5, 0.6) is 17.2 Å². The SMILES string of the molecule is COc1cc(OC(F)(F)F)ccc1CN1CCC[C@@H](Oc2cc(F)c(C(=O)NS(C)(=O)=O)cc2C2CC2)C1. The number of carbonyl (C=O) groups is 1. The Hall–Kier alpha value is -3.06. The third-order valence-electron chi connectivity index (χ3n) is 6.28. The molecule has 1 N–H and O–H groups in total. The van der Waals surface area contributed by atoms with Crippen LogP contribution < -0.4 is 18.9 Å². The molecule has 38 heavy (non-hydrogen) atoms. The van der Waals surface area contributed by atoms with Gasteiger partial charge in [0.05, 0.1) is 18.9 Å². The van der Waals surface area contributed by atoms with Gasteiger partial charge in [-0.3, -0.25) is 9.69 Å². The molecular formula is C25H28F4N2O6S. The maximum atomic E-state index is 14.8. The van der Waals surface area contributed by atoms with Crippen molar-refractivity contribution in [1.82, 2.24) is 9.62 Å². The van der Waals surface area contributed by atoms with Gasteiger partial charge in [-0.05, 0) is 55.8 Å². The molecule has 1 atom stereocenters. The summed E-state index contributed by atoms with van der Waals surface area (Å²) in [5.41, 5.74) is 0.970. The van der Waals surface area contributed by atoms with E-state index in [1.807, 2.05) is 0 Å². The van der Waals surface area contributed by atoms with Crippen LogP contribution in [0.2, 0.25) is 0 Å². The van der Waals surface area contributed by atoms with E-state index in [1.165, 1.54) is 31.4 Å². The normalized spacial score (nSPS) is 18.6. The number of ether oxygens (including phenoxy) is 3. The number of benzene rings is 2. The molecule has 2 aliphatic rings. The van der Waals surface area contributed by atoms with Crippen LogP contribution in [-0.4, -0.2) is 58.1 Å². The van der Waals surface area contributed by atoms with Gasteiger partial charge in [0.1, 0.15) is 29.2 Å². The first-order chi connectivity index (χ1) is 17.8. The fourth-order valence-corrected chi connectivity index (χ4v) is 4.96. The van der Waals surface area contributed by atoms with E-state index < -0.39 is 28.1 Å². The monoisotopic (exact) mass is 560 g/mol. The van der Waals surface area contributed by atoms with Crippen LogP contribution in [0.1, 0.15) is 53.1 Å². The molecule has 0 radical (unpaired) electrons. The molecule has 8 nitrogen and oxygen atoms in total. The Bertz CT molecular complexity index is 1300. The fraction of sp³-hybridized carbons (Fsp3) is 0.480. The topological polar surface area (TPSA) is 94.2 Å². The van der Waals surface area contributed by atoms with Gasteiger partial charge in [-0.25, -0.2) is 17.5 Å². The molecule has 13 heteroatoms. The number of halogens is 4. The van der Waals surface area contributed by atoms with Crippen molar-refractivity contribution in [2.75, 3.05) is 26.5 Å². The van der Waals surface area contributed by atoms with Crippen molar-refractivity contribution in [2.45, 2.75) is 50.6 Å². The summed E-state index contributed by atoms with van der Waals surface area (Å²) in [6, 6.07) is 6.43. The highest BCUT2D eigenvalue weighted by Crippen LogP contribution is 2.45. The van der Waals surface area contributed by atoms with Crippen molar-refractivity contribution in [3.05, 3.63) is 52.8 Å². The van der Waals surface area contributed by atoms with Gasteiger partial charge in [0.15, 0.2) is 0 Å². The maximum Gasteiger partial charge on any atom is 0.573 e. The lowest BCUT2D eigenvalue weighted by Gasteiger charge is -2.33. The number of nitrogens with zero attached hydrogens (tertiary/aromatic N) is 1. The highest BCUT2D eigenvalue weighted by molar-refractivity contribution is 7.89. The van der Waals surface area contributed by atoms with E-state index in [0.717, 1.165) is 38.1 Å². The number of sulfonamides is 1. The van der Waals surface area contributed by atoms with E-state index in [2.05, 4.69) is 9.64 Å². The fourth-order valence-electron chi connectivity index (χ4n) is 4.51. The lowest BCUT2D eigenvalue weighted by atomic mass is 10.0. The summed E-state index contributed by atoms with van der Waals surface area (Å²) < 4.78 is 92.6. The maximum absolute atomic E-state index is 14.8. The van der Waals surface area contributed by atoms with E-state index in [4.69, 9.17) is 9.47 Å². The first-order valence-corrected chi connectivity index (χ1v) is 13.9. The second-order valence-electron chi connectivity index (χ2n) is 9.49. The molecule has 0 bridgehead atoms. The molecule has 2 aromatic rings. The van der Waals surface area contributed by atoms with E-state index >= 15 is 0 Å². The Morgan fingerprint density at radius 3 is 2.50 bits per heavy atom. The number of alkyl halides is 3. The van der Waals surface area contributed by atoms with E-state index in [-0.39, 0.29) is 29.1 Å². The summed E-state index contributed by atoms with van der Waals surface area (Å²) in [6.07, 6.45) is -1.11. The van der Waals surface area contributed by atoms with Crippen LogP contribution in [0.4, 0.5) is 17.6 Å². The van der Waals surface area contributed by atoms with Gasteiger partial charge in [0.25, 0.3) is 5.91 Å². The van der Waals surface area contributed by atoms with Gasteiger partial charge in [-0.2, -0.15) is 0 Å². The number of nitrogens with one attached hydrogen (secondary N) is 1. The van der Waals surface area contributed by atoms with Gasteiger partial charge in [0.2, 0.25) is 10.0 Å². The standard InChI is InChI=1S/C25H28F4N2O6S/c1-35-22-10-17(37-25(27,28)29)8-7-16(22)13-31-9-3-4-18(14-31)36-23-12-21(26)20(11-19(23)15-5-6-15)24(32)30-38(2,33)34/h7-8,10-12,15,18H,3-6,9,13-14H2,1-2H3,(H,30,32)/t18-/m1/s1. The van der Waals surface area contributed by atoms with Crippen LogP contribution in [0, 0.1) is 5.82 Å². The minimum absolute atomic E-state index is 0.0942. The summed E-state index contributed by atoms with van der Waals surface area (Å²) in [5.74, 6) is -1.63. The van der Waals surface area contributed by atoms with E-state index in [9.17, 15) is 30.8 Å². The first kappa shape index (κ1) is 28.0. The van der Waals surface area contributed by atoms with Crippen molar-refractivity contribution in [2.24, 2.45) is 0 Å². The lowest BCUT2D eigenvalue weighted by molar-refractivity contribution is -0.274. The summed E-state index contributed by atoms with van der Waals surface area (Å²) in [6.45, 7) is 1.59. The Kier molecular flexibility index (Phi) is 8.07. The number of likely N-dealkylation sites (tertiary alicyclic amines) is 1. The van der Waals surface area contributed by atoms with E-state index in [0.29, 0.717) is 36.4 Å². The highest BCUT2D eigenvalue weighted by Gasteiger charge is 2.33. The van der Waals surface area contributed by atoms with Crippen LogP contribution in [-0.2, 0) is 16.6 Å². The number of hydrogen-bond acceptors (Lipinski definition) is 7. The first-order valence-electron chi connectivity index (χ1n) is 12.0. The van der Waals surface area contributed by atoms with Crippen LogP contribution in [0.3, 0.4) is 0 Å². The summed E-state index contributed by atoms with van der Waals surface area (Å²) in [4.78, 5) is 14.4. The minimum atomic E-state index is -4.81. The molecule has 2 aromatic carbocycles. The van der Waals surface area contributed by atoms with Crippen molar-refractivity contribution in [3.63, 3.8) is 0 Å². The van der Waals surface area contributed by atoms with Crippen LogP contribution >= 0.6 is 0 Å². The largest absolute Gasteiger partial charge is 0.573 e. The molecule has 0 aromatic heterocycles. The van der Waals surface area contributed by atoms with Crippen LogP contribution in [0.25, 0.3) is 0 Å². The van der Waals surface area contributed by atoms with Gasteiger partial charge in [0, 0.05) is 30.8 Å². The number of amides is 1. The minimum Gasteiger partial charge on any atom is -0.496 e. The molecule has 1 heterocycles. The smallest absolute Gasteiger partial charge is 0.496 e. The second-order valence-corrected chi connectivity index (χ2v) is 11.2. The van der Waals surface area contributed by atoms with Gasteiger partial charge in [-0.1, -0.05) is 6.07 Å². The van der Waals surface area contributed by atoms with Crippen molar-refractivity contribution < 1.29 is 45.0 Å². The molecular weight excluding hydrogens is 532 g/mol. The molecule has 0 spiro atoms. The predicted octanol–water partition coefficient (Wildman–Crippen LogP) is 4.34. The summed E-state index contributed by atoms with van der Waals surface area (Å²) in [7, 11) is -2.49. The quantitative estimate of drug-likeness (QED) is 0.456. The zero-order valence-electron chi connectivity index (χ0n) is 20.8. The van der Waals surface area contributed by atoms with E-state index in [1.54, 1.807) is 4.72 Å². The second kappa shape index (κ2) is 11.0. The molecule has 2 fully saturated rings. The molecule has 0 unspecified atom stereocenters. The number of piperidine rings is 1. The molecule has 1 aliphatic carbocycles. The lowest BCUT2D eigenvalue weighted by Crippen LogP contribution is -2.40. The van der Waals surface area contributed by atoms with Crippen molar-refractivity contribution in [1.29, 1.82) is 0 Å². The Morgan fingerprint density at radius 2 is 1.87 bits per heavy atom. The van der Waals surface area contributed by atoms with Crippen LogP contribution in [0.15, 0.2) is 30.3 Å². The summed E-state index contributed by atoms with van der Waals surface area (Å²) in [5, 5.41) is 0. The third-order valence-corrected chi connectivity index (χ3v) is 6.84.